The minimum Gasteiger partial charge on any atom is -0.321 e. The smallest absolute Gasteiger partial charge is 0.267 e. The van der Waals surface area contributed by atoms with Gasteiger partial charge in [-0.1, -0.05) is 0 Å². The zero-order valence-corrected chi connectivity index (χ0v) is 9.03. The second-order valence-electron chi connectivity index (χ2n) is 3.06. The Balaban J connectivity index is 2.09. The Morgan fingerprint density at radius 1 is 1.31 bits per heavy atom. The van der Waals surface area contributed by atoms with E-state index in [9.17, 15) is 9.59 Å². The van der Waals surface area contributed by atoms with Crippen LogP contribution in [0.3, 0.4) is 0 Å². The van der Waals surface area contributed by atoms with E-state index in [-0.39, 0.29) is 5.91 Å². The Labute approximate surface area is 96.0 Å². The molecule has 0 saturated heterocycles. The van der Waals surface area contributed by atoms with Crippen LogP contribution in [0, 0.1) is 0 Å². The average Bonchev–Trinajstić information content (AvgIpc) is 2.83. The minimum absolute atomic E-state index is 0.193. The molecule has 0 aliphatic carbocycles. The number of nitrogens with zero attached hydrogens (tertiary/aromatic N) is 1. The number of carbonyl (C=O) groups is 2. The average molecular weight is 232 g/mol. The first kappa shape index (κ1) is 10.5. The molecule has 5 heteroatoms. The van der Waals surface area contributed by atoms with Gasteiger partial charge in [-0.15, -0.1) is 11.3 Å². The van der Waals surface area contributed by atoms with E-state index in [1.54, 1.807) is 29.8 Å². The zero-order valence-electron chi connectivity index (χ0n) is 8.21. The summed E-state index contributed by atoms with van der Waals surface area (Å²) in [6.07, 6.45) is 2.27. The number of benzene rings is 1. The van der Waals surface area contributed by atoms with Gasteiger partial charge in [-0.25, -0.2) is 0 Å². The molecule has 1 aromatic heterocycles. The van der Waals surface area contributed by atoms with E-state index < -0.39 is 0 Å². The zero-order chi connectivity index (χ0) is 11.4. The molecule has 0 bridgehead atoms. The summed E-state index contributed by atoms with van der Waals surface area (Å²) in [6.45, 7) is 0. The van der Waals surface area contributed by atoms with Gasteiger partial charge in [-0.2, -0.15) is 0 Å². The normalized spacial score (nSPS) is 9.75. The Kier molecular flexibility index (Phi) is 3.07. The van der Waals surface area contributed by atoms with Crippen LogP contribution in [-0.4, -0.2) is 17.2 Å². The number of nitrogens with one attached hydrogen (secondary N) is 1. The summed E-state index contributed by atoms with van der Waals surface area (Å²) in [5, 5.41) is 2.71. The van der Waals surface area contributed by atoms with Gasteiger partial charge in [0.25, 0.3) is 5.91 Å². The second kappa shape index (κ2) is 4.67. The molecule has 0 radical (unpaired) electrons. The van der Waals surface area contributed by atoms with Crippen LogP contribution in [-0.2, 0) is 0 Å². The highest BCUT2D eigenvalue weighted by Crippen LogP contribution is 2.12. The van der Waals surface area contributed by atoms with Crippen LogP contribution >= 0.6 is 11.3 Å². The van der Waals surface area contributed by atoms with Gasteiger partial charge < -0.3 is 5.32 Å². The molecule has 0 unspecified atom stereocenters. The molecule has 1 N–H and O–H groups in total. The van der Waals surface area contributed by atoms with Crippen LogP contribution in [0.15, 0.2) is 36.0 Å². The van der Waals surface area contributed by atoms with E-state index in [0.717, 1.165) is 6.29 Å². The van der Waals surface area contributed by atoms with Crippen molar-refractivity contribution in [1.29, 1.82) is 0 Å². The maximum Gasteiger partial charge on any atom is 0.267 e. The lowest BCUT2D eigenvalue weighted by Crippen LogP contribution is -2.09. The Morgan fingerprint density at radius 3 is 2.62 bits per heavy atom. The number of anilines is 1. The van der Waals surface area contributed by atoms with E-state index in [4.69, 9.17) is 0 Å². The standard InChI is InChI=1S/C11H8N2O2S/c14-6-8-1-3-9(4-2-8)13-11(15)10-5-12-7-16-10/h1-7H,(H,13,15). The fraction of sp³-hybridized carbons (Fsp3) is 0. The van der Waals surface area contributed by atoms with Crippen LogP contribution in [0.2, 0.25) is 0 Å². The van der Waals surface area contributed by atoms with Gasteiger partial charge in [0, 0.05) is 11.3 Å². The molecular formula is C11H8N2O2S. The van der Waals surface area contributed by atoms with E-state index in [1.165, 1.54) is 17.5 Å². The van der Waals surface area contributed by atoms with E-state index in [1.807, 2.05) is 0 Å². The third-order valence-electron chi connectivity index (χ3n) is 1.96. The SMILES string of the molecule is O=Cc1ccc(NC(=O)c2cncs2)cc1. The maximum atomic E-state index is 11.6. The molecular weight excluding hydrogens is 224 g/mol. The Hall–Kier alpha value is -2.01. The summed E-state index contributed by atoms with van der Waals surface area (Å²) < 4.78 is 0. The molecule has 16 heavy (non-hydrogen) atoms. The van der Waals surface area contributed by atoms with Crippen LogP contribution in [0.25, 0.3) is 0 Å². The van der Waals surface area contributed by atoms with Gasteiger partial charge in [0.05, 0.1) is 11.7 Å². The van der Waals surface area contributed by atoms with Crippen LogP contribution in [0.1, 0.15) is 20.0 Å². The largest absolute Gasteiger partial charge is 0.321 e. The Morgan fingerprint density at radius 2 is 2.06 bits per heavy atom. The molecule has 0 spiro atoms. The van der Waals surface area contributed by atoms with Gasteiger partial charge in [0.1, 0.15) is 11.2 Å². The predicted octanol–water partition coefficient (Wildman–Crippen LogP) is 2.21. The molecule has 1 aromatic carbocycles. The van der Waals surface area contributed by atoms with Crippen molar-refractivity contribution in [3.05, 3.63) is 46.4 Å². The highest BCUT2D eigenvalue weighted by molar-refractivity contribution is 7.11. The van der Waals surface area contributed by atoms with Crippen LogP contribution in [0.4, 0.5) is 5.69 Å². The van der Waals surface area contributed by atoms with Gasteiger partial charge in [-0.3, -0.25) is 14.6 Å². The maximum absolute atomic E-state index is 11.6. The first-order chi connectivity index (χ1) is 7.79. The second-order valence-corrected chi connectivity index (χ2v) is 3.95. The fourth-order valence-electron chi connectivity index (χ4n) is 1.17. The number of aldehydes is 1. The van der Waals surface area contributed by atoms with Crippen molar-refractivity contribution in [2.24, 2.45) is 0 Å². The monoisotopic (exact) mass is 232 g/mol. The van der Waals surface area contributed by atoms with Gasteiger partial charge in [0.15, 0.2) is 0 Å². The quantitative estimate of drug-likeness (QED) is 0.825. The van der Waals surface area contributed by atoms with Crippen molar-refractivity contribution in [2.45, 2.75) is 0 Å². The summed E-state index contributed by atoms with van der Waals surface area (Å²) in [7, 11) is 0. The summed E-state index contributed by atoms with van der Waals surface area (Å²) in [6, 6.07) is 6.66. The van der Waals surface area contributed by atoms with Crippen molar-refractivity contribution >= 4 is 29.2 Å². The minimum atomic E-state index is -0.193. The van der Waals surface area contributed by atoms with Gasteiger partial charge in [0.2, 0.25) is 0 Å². The van der Waals surface area contributed by atoms with Crippen molar-refractivity contribution in [2.75, 3.05) is 5.32 Å². The number of hydrogen-bond acceptors (Lipinski definition) is 4. The lowest BCUT2D eigenvalue weighted by molar-refractivity contribution is 0.103. The highest BCUT2D eigenvalue weighted by atomic mass is 32.1. The molecule has 0 aliphatic heterocycles. The number of hydrogen-bond donors (Lipinski definition) is 1. The number of thiazole rings is 1. The first-order valence-electron chi connectivity index (χ1n) is 4.54. The first-order valence-corrected chi connectivity index (χ1v) is 5.42. The lowest BCUT2D eigenvalue weighted by atomic mass is 10.2. The fourth-order valence-corrected chi connectivity index (χ4v) is 1.68. The van der Waals surface area contributed by atoms with E-state index >= 15 is 0 Å². The van der Waals surface area contributed by atoms with Crippen LogP contribution < -0.4 is 5.32 Å². The number of carbonyl (C=O) groups excluding carboxylic acids is 2. The third-order valence-corrected chi connectivity index (χ3v) is 2.73. The molecule has 0 atom stereocenters. The summed E-state index contributed by atoms with van der Waals surface area (Å²) in [5.41, 5.74) is 2.84. The molecule has 80 valence electrons. The van der Waals surface area contributed by atoms with E-state index in [0.29, 0.717) is 16.1 Å². The van der Waals surface area contributed by atoms with Crippen molar-refractivity contribution in [1.82, 2.24) is 4.98 Å². The van der Waals surface area contributed by atoms with Crippen molar-refractivity contribution in [3.63, 3.8) is 0 Å². The molecule has 2 rings (SSSR count). The molecule has 1 heterocycles. The topological polar surface area (TPSA) is 59.1 Å². The van der Waals surface area contributed by atoms with E-state index in [2.05, 4.69) is 10.3 Å². The molecule has 0 aliphatic rings. The van der Waals surface area contributed by atoms with Gasteiger partial charge in [-0.05, 0) is 24.3 Å². The predicted molar refractivity (Wildman–Crippen MR) is 61.9 cm³/mol. The number of rotatable bonds is 3. The molecule has 4 nitrogen and oxygen atoms in total. The number of aromatic nitrogens is 1. The van der Waals surface area contributed by atoms with Crippen molar-refractivity contribution < 1.29 is 9.59 Å². The third kappa shape index (κ3) is 2.32. The molecule has 0 saturated carbocycles. The van der Waals surface area contributed by atoms with Crippen molar-refractivity contribution in [3.8, 4) is 0 Å². The molecule has 1 amide bonds. The summed E-state index contributed by atoms with van der Waals surface area (Å²) in [5.74, 6) is -0.193. The summed E-state index contributed by atoms with van der Waals surface area (Å²) in [4.78, 5) is 26.4. The lowest BCUT2D eigenvalue weighted by Gasteiger charge is -2.02. The highest BCUT2D eigenvalue weighted by Gasteiger charge is 2.06. The molecule has 2 aromatic rings. The number of amides is 1. The Bertz CT molecular complexity index is 491. The van der Waals surface area contributed by atoms with Crippen LogP contribution in [0.5, 0.6) is 0 Å². The summed E-state index contributed by atoms with van der Waals surface area (Å²) >= 11 is 1.28. The molecule has 0 fully saturated rings. The van der Waals surface area contributed by atoms with Gasteiger partial charge >= 0.3 is 0 Å².